The number of hydrogen-bond donors (Lipinski definition) is 2. The summed E-state index contributed by atoms with van der Waals surface area (Å²) in [4.78, 5) is 14.7. The topological polar surface area (TPSA) is 92.5 Å². The molecule has 0 aromatic heterocycles. The van der Waals surface area contributed by atoms with E-state index in [4.69, 9.17) is 5.73 Å². The molecule has 0 aliphatic carbocycles. The molecule has 0 radical (unpaired) electrons. The first kappa shape index (κ1) is 22.2. The Morgan fingerprint density at radius 1 is 1.18 bits per heavy atom. The van der Waals surface area contributed by atoms with E-state index in [2.05, 4.69) is 4.72 Å². The van der Waals surface area contributed by atoms with Crippen LogP contribution in [0, 0.1) is 19.8 Å². The number of nitrogens with one attached hydrogen (secondary N) is 1. The number of sulfonamides is 1. The Morgan fingerprint density at radius 3 is 2.46 bits per heavy atom. The molecule has 3 N–H and O–H groups in total. The van der Waals surface area contributed by atoms with Crippen molar-refractivity contribution in [3.63, 3.8) is 0 Å². The smallest absolute Gasteiger partial charge is 0.261 e. The number of nitrogens with zero attached hydrogens (tertiary/aromatic N) is 1. The third kappa shape index (κ3) is 4.84. The lowest BCUT2D eigenvalue weighted by atomic mass is 10.1. The molecule has 0 spiro atoms. The largest absolute Gasteiger partial charge is 0.338 e. The lowest BCUT2D eigenvalue weighted by Gasteiger charge is -2.18. The van der Waals surface area contributed by atoms with Gasteiger partial charge in [-0.3, -0.25) is 9.52 Å². The first-order chi connectivity index (χ1) is 12.8. The summed E-state index contributed by atoms with van der Waals surface area (Å²) in [6, 6.07) is 11.8. The third-order valence-electron chi connectivity index (χ3n) is 4.96. The predicted molar refractivity (Wildman–Crippen MR) is 113 cm³/mol. The molecule has 2 aromatic rings. The maximum absolute atomic E-state index is 12.9. The van der Waals surface area contributed by atoms with Crippen molar-refractivity contribution < 1.29 is 13.2 Å². The van der Waals surface area contributed by atoms with E-state index in [0.29, 0.717) is 36.8 Å². The minimum Gasteiger partial charge on any atom is -0.338 e. The van der Waals surface area contributed by atoms with E-state index in [9.17, 15) is 13.2 Å². The number of nitrogens with two attached hydrogens (primary N) is 1. The molecule has 1 atom stereocenters. The summed E-state index contributed by atoms with van der Waals surface area (Å²) in [6.07, 6.45) is 0.883. The van der Waals surface area contributed by atoms with Crippen LogP contribution in [-0.2, 0) is 10.0 Å². The van der Waals surface area contributed by atoms with Crippen LogP contribution >= 0.6 is 12.4 Å². The maximum Gasteiger partial charge on any atom is 0.261 e. The van der Waals surface area contributed by atoms with E-state index in [0.717, 1.165) is 17.5 Å². The zero-order chi connectivity index (χ0) is 19.6. The predicted octanol–water partition coefficient (Wildman–Crippen LogP) is 2.95. The van der Waals surface area contributed by atoms with Gasteiger partial charge < -0.3 is 10.6 Å². The minimum absolute atomic E-state index is 0. The van der Waals surface area contributed by atoms with Gasteiger partial charge in [-0.1, -0.05) is 23.8 Å². The van der Waals surface area contributed by atoms with Crippen molar-refractivity contribution in [1.29, 1.82) is 0 Å². The summed E-state index contributed by atoms with van der Waals surface area (Å²) in [6.45, 7) is 5.57. The van der Waals surface area contributed by atoms with Crippen molar-refractivity contribution >= 4 is 34.0 Å². The van der Waals surface area contributed by atoms with Gasteiger partial charge in [-0.05, 0) is 62.6 Å². The maximum atomic E-state index is 12.9. The van der Waals surface area contributed by atoms with Gasteiger partial charge in [0.05, 0.1) is 4.90 Å². The molecule has 0 saturated carbocycles. The van der Waals surface area contributed by atoms with Gasteiger partial charge in [-0.2, -0.15) is 0 Å². The highest BCUT2D eigenvalue weighted by molar-refractivity contribution is 7.92. The summed E-state index contributed by atoms with van der Waals surface area (Å²) in [5.41, 5.74) is 8.40. The quantitative estimate of drug-likeness (QED) is 0.773. The monoisotopic (exact) mass is 423 g/mol. The molecule has 8 heteroatoms. The summed E-state index contributed by atoms with van der Waals surface area (Å²) >= 11 is 0. The Morgan fingerprint density at radius 2 is 1.86 bits per heavy atom. The van der Waals surface area contributed by atoms with Crippen molar-refractivity contribution in [2.75, 3.05) is 24.4 Å². The third-order valence-corrected chi connectivity index (χ3v) is 6.34. The molecule has 0 bridgehead atoms. The average molecular weight is 424 g/mol. The van der Waals surface area contributed by atoms with Gasteiger partial charge >= 0.3 is 0 Å². The fourth-order valence-corrected chi connectivity index (χ4v) is 4.30. The van der Waals surface area contributed by atoms with Crippen LogP contribution in [0.2, 0.25) is 0 Å². The summed E-state index contributed by atoms with van der Waals surface area (Å²) < 4.78 is 28.0. The summed E-state index contributed by atoms with van der Waals surface area (Å²) in [5, 5.41) is 0. The fourth-order valence-electron chi connectivity index (χ4n) is 3.21. The van der Waals surface area contributed by atoms with E-state index in [1.54, 1.807) is 23.1 Å². The zero-order valence-electron chi connectivity index (χ0n) is 16.0. The van der Waals surface area contributed by atoms with E-state index in [1.165, 1.54) is 12.1 Å². The van der Waals surface area contributed by atoms with Gasteiger partial charge in [-0.25, -0.2) is 8.42 Å². The molecule has 1 unspecified atom stereocenters. The normalized spacial score (nSPS) is 16.5. The molecule has 1 heterocycles. The molecule has 1 aliphatic rings. The summed E-state index contributed by atoms with van der Waals surface area (Å²) in [5.74, 6) is 0.167. The van der Waals surface area contributed by atoms with Crippen LogP contribution in [0.15, 0.2) is 47.4 Å². The highest BCUT2D eigenvalue weighted by Gasteiger charge is 2.28. The van der Waals surface area contributed by atoms with Crippen LogP contribution in [0.1, 0.15) is 27.9 Å². The van der Waals surface area contributed by atoms with Crippen LogP contribution in [0.3, 0.4) is 0 Å². The molecule has 3 rings (SSSR count). The molecule has 6 nitrogen and oxygen atoms in total. The number of rotatable bonds is 5. The number of carbonyl (C=O) groups excluding carboxylic acids is 1. The van der Waals surface area contributed by atoms with Gasteiger partial charge in [0.25, 0.3) is 15.9 Å². The lowest BCUT2D eigenvalue weighted by molar-refractivity contribution is 0.0786. The zero-order valence-corrected chi connectivity index (χ0v) is 17.6. The van der Waals surface area contributed by atoms with Gasteiger partial charge in [-0.15, -0.1) is 12.4 Å². The number of aryl methyl sites for hydroxylation is 2. The number of halogens is 1. The number of likely N-dealkylation sites (tertiary alicyclic amines) is 1. The summed E-state index contributed by atoms with van der Waals surface area (Å²) in [7, 11) is -3.78. The molecule has 1 aliphatic heterocycles. The van der Waals surface area contributed by atoms with Crippen LogP contribution < -0.4 is 10.5 Å². The van der Waals surface area contributed by atoms with Crippen molar-refractivity contribution in [3.05, 3.63) is 59.2 Å². The van der Waals surface area contributed by atoms with Crippen molar-refractivity contribution in [1.82, 2.24) is 4.90 Å². The second-order valence-corrected chi connectivity index (χ2v) is 8.77. The van der Waals surface area contributed by atoms with Crippen molar-refractivity contribution in [2.24, 2.45) is 11.7 Å². The Balaban J connectivity index is 0.00000280. The Hall–Kier alpha value is -2.09. The first-order valence-corrected chi connectivity index (χ1v) is 10.5. The minimum atomic E-state index is -3.78. The van der Waals surface area contributed by atoms with Crippen LogP contribution in [0.25, 0.3) is 0 Å². The molecule has 28 heavy (non-hydrogen) atoms. The Kier molecular flexibility index (Phi) is 7.09. The molecule has 2 aromatic carbocycles. The number of hydrogen-bond acceptors (Lipinski definition) is 4. The number of carbonyl (C=O) groups is 1. The van der Waals surface area contributed by atoms with Gasteiger partial charge in [0.2, 0.25) is 0 Å². The first-order valence-electron chi connectivity index (χ1n) is 8.99. The van der Waals surface area contributed by atoms with E-state index in [1.807, 2.05) is 26.0 Å². The van der Waals surface area contributed by atoms with Crippen LogP contribution in [0.5, 0.6) is 0 Å². The number of benzene rings is 2. The standard InChI is InChI=1S/C20H25N3O3S.ClH/c1-14-3-6-17(7-4-14)22-27(25,26)18-8-5-15(2)19(11-18)20(24)23-10-9-16(12-21)13-23;/h3-8,11,16,22H,9-10,12-13,21H2,1-2H3;1H. The second kappa shape index (κ2) is 8.94. The Bertz CT molecular complexity index is 946. The van der Waals surface area contributed by atoms with E-state index >= 15 is 0 Å². The van der Waals surface area contributed by atoms with Crippen molar-refractivity contribution in [3.8, 4) is 0 Å². The number of amides is 1. The molecular formula is C20H26ClN3O3S. The van der Waals surface area contributed by atoms with Crippen LogP contribution in [0.4, 0.5) is 5.69 Å². The van der Waals surface area contributed by atoms with Gasteiger partial charge in [0, 0.05) is 24.3 Å². The second-order valence-electron chi connectivity index (χ2n) is 7.09. The number of anilines is 1. The van der Waals surface area contributed by atoms with Crippen LogP contribution in [-0.4, -0.2) is 38.9 Å². The van der Waals surface area contributed by atoms with E-state index < -0.39 is 10.0 Å². The fraction of sp³-hybridized carbons (Fsp3) is 0.350. The average Bonchev–Trinajstić information content (AvgIpc) is 3.12. The lowest BCUT2D eigenvalue weighted by Crippen LogP contribution is -2.30. The van der Waals surface area contributed by atoms with Gasteiger partial charge in [0.1, 0.15) is 0 Å². The Labute approximate surface area is 172 Å². The van der Waals surface area contributed by atoms with Crippen molar-refractivity contribution in [2.45, 2.75) is 25.2 Å². The molecule has 1 fully saturated rings. The molecule has 1 saturated heterocycles. The molecule has 1 amide bonds. The molecule has 152 valence electrons. The van der Waals surface area contributed by atoms with Gasteiger partial charge in [0.15, 0.2) is 0 Å². The SMILES string of the molecule is Cc1ccc(NS(=O)(=O)c2ccc(C)c(C(=O)N3CCC(CN)C3)c2)cc1.Cl. The highest BCUT2D eigenvalue weighted by Crippen LogP contribution is 2.23. The highest BCUT2D eigenvalue weighted by atomic mass is 35.5. The van der Waals surface area contributed by atoms with E-state index in [-0.39, 0.29) is 23.2 Å². The molecular weight excluding hydrogens is 398 g/mol.